The number of amides is 1. The minimum atomic E-state index is -4.05. The summed E-state index contributed by atoms with van der Waals surface area (Å²) in [5.74, 6) is 0.293. The van der Waals surface area contributed by atoms with Gasteiger partial charge in [0.15, 0.2) is 0 Å². The van der Waals surface area contributed by atoms with E-state index in [4.69, 9.17) is 15.9 Å². The first-order valence-corrected chi connectivity index (χ1v) is 6.75. The summed E-state index contributed by atoms with van der Waals surface area (Å²) in [6.45, 7) is -0.0605. The normalized spacial score (nSPS) is 10.4. The van der Waals surface area contributed by atoms with Crippen LogP contribution in [-0.2, 0) is 14.9 Å². The number of carbonyl (C=O) groups excluding carboxylic acids is 1. The van der Waals surface area contributed by atoms with Gasteiger partial charge in [-0.15, -0.1) is 0 Å². The van der Waals surface area contributed by atoms with E-state index >= 15 is 0 Å². The fourth-order valence-electron chi connectivity index (χ4n) is 1.11. The van der Waals surface area contributed by atoms with Crippen molar-refractivity contribution in [1.29, 1.82) is 5.41 Å². The largest absolute Gasteiger partial charge is 0.486 e. The molecule has 20 heavy (non-hydrogen) atoms. The van der Waals surface area contributed by atoms with Gasteiger partial charge in [-0.25, -0.2) is 9.52 Å². The molecule has 1 aromatic rings. The van der Waals surface area contributed by atoms with Crippen molar-refractivity contribution >= 4 is 27.8 Å². The van der Waals surface area contributed by atoms with Crippen LogP contribution in [0.3, 0.4) is 0 Å². The number of ether oxygens (including phenoxy) is 2. The molecule has 5 N–H and O–H groups in total. The van der Waals surface area contributed by atoms with Gasteiger partial charge in [-0.05, 0) is 24.3 Å². The van der Waals surface area contributed by atoms with Crippen molar-refractivity contribution in [2.45, 2.75) is 0 Å². The second-order valence-corrected chi connectivity index (χ2v) is 4.95. The van der Waals surface area contributed by atoms with Crippen molar-refractivity contribution in [2.24, 2.45) is 5.73 Å². The molecule has 0 atom stereocenters. The maximum atomic E-state index is 11.5. The average molecular weight is 302 g/mol. The molecule has 1 amide bonds. The predicted molar refractivity (Wildman–Crippen MR) is 71.9 cm³/mol. The van der Waals surface area contributed by atoms with Crippen molar-refractivity contribution in [3.63, 3.8) is 0 Å². The highest BCUT2D eigenvalue weighted by Crippen LogP contribution is 2.16. The molecule has 0 aliphatic rings. The quantitative estimate of drug-likeness (QED) is 0.430. The van der Waals surface area contributed by atoms with Crippen molar-refractivity contribution in [3.8, 4) is 5.75 Å². The van der Waals surface area contributed by atoms with Gasteiger partial charge in [0.05, 0.1) is 12.8 Å². The number of hydrogen-bond donors (Lipinski definition) is 4. The molecule has 0 radical (unpaired) electrons. The molecule has 0 spiro atoms. The summed E-state index contributed by atoms with van der Waals surface area (Å²) in [6, 6.07) is 5.82. The molecule has 0 fully saturated rings. The number of amidine groups is 1. The first kappa shape index (κ1) is 15.6. The number of methoxy groups -OCH3 is 1. The highest BCUT2D eigenvalue weighted by atomic mass is 32.2. The Hall–Kier alpha value is -2.49. The summed E-state index contributed by atoms with van der Waals surface area (Å²) < 4.78 is 36.0. The van der Waals surface area contributed by atoms with Crippen LogP contribution in [-0.4, -0.2) is 34.1 Å². The van der Waals surface area contributed by atoms with E-state index < -0.39 is 16.3 Å². The van der Waals surface area contributed by atoms with E-state index in [0.29, 0.717) is 5.75 Å². The zero-order chi connectivity index (χ0) is 15.2. The minimum absolute atomic E-state index is 0.0605. The Morgan fingerprint density at radius 1 is 1.35 bits per heavy atom. The van der Waals surface area contributed by atoms with Crippen LogP contribution in [0.2, 0.25) is 0 Å². The zero-order valence-corrected chi connectivity index (χ0v) is 11.4. The summed E-state index contributed by atoms with van der Waals surface area (Å²) in [6.07, 6.45) is -1.10. The summed E-state index contributed by atoms with van der Waals surface area (Å²) in [5.41, 5.74) is 5.35. The van der Waals surface area contributed by atoms with Crippen molar-refractivity contribution in [2.75, 3.05) is 18.4 Å². The molecule has 10 heteroatoms. The van der Waals surface area contributed by atoms with E-state index in [-0.39, 0.29) is 18.1 Å². The van der Waals surface area contributed by atoms with Crippen LogP contribution in [0, 0.1) is 5.41 Å². The third kappa shape index (κ3) is 5.44. The van der Waals surface area contributed by atoms with E-state index in [1.807, 2.05) is 0 Å². The van der Waals surface area contributed by atoms with Crippen molar-refractivity contribution in [1.82, 2.24) is 4.72 Å². The zero-order valence-electron chi connectivity index (χ0n) is 10.5. The third-order valence-corrected chi connectivity index (χ3v) is 2.84. The maximum Gasteiger partial charge on any atom is 0.422 e. The second-order valence-electron chi connectivity index (χ2n) is 3.54. The summed E-state index contributed by atoms with van der Waals surface area (Å²) in [7, 11) is -3.01. The van der Waals surface area contributed by atoms with Gasteiger partial charge in [-0.3, -0.25) is 10.1 Å². The first-order chi connectivity index (χ1) is 9.32. The lowest BCUT2D eigenvalue weighted by atomic mass is 10.3. The van der Waals surface area contributed by atoms with E-state index in [9.17, 15) is 13.2 Å². The SMILES string of the molecule is COC(=O)NS(=O)(=O)Nc1ccc(OCC(=N)N)cc1. The molecule has 0 aliphatic heterocycles. The Morgan fingerprint density at radius 3 is 2.45 bits per heavy atom. The first-order valence-electron chi connectivity index (χ1n) is 5.26. The average Bonchev–Trinajstić information content (AvgIpc) is 2.36. The summed E-state index contributed by atoms with van der Waals surface area (Å²) in [5, 5.41) is 7.00. The molecule has 0 heterocycles. The van der Waals surface area contributed by atoms with Gasteiger partial charge in [0.1, 0.15) is 18.2 Å². The van der Waals surface area contributed by atoms with Crippen LogP contribution < -0.4 is 19.9 Å². The topological polar surface area (TPSA) is 144 Å². The standard InChI is InChI=1S/C10H14N4O5S/c1-18-10(15)14-20(16,17)13-7-2-4-8(5-3-7)19-6-9(11)12/h2-5,13H,6H2,1H3,(H3,11,12)(H,14,15). The Balaban J connectivity index is 2.65. The molecule has 0 aromatic heterocycles. The monoisotopic (exact) mass is 302 g/mol. The number of nitrogens with one attached hydrogen (secondary N) is 3. The van der Waals surface area contributed by atoms with Crippen LogP contribution in [0.5, 0.6) is 5.75 Å². The number of hydrogen-bond acceptors (Lipinski definition) is 6. The molecule has 9 nitrogen and oxygen atoms in total. The van der Waals surface area contributed by atoms with Crippen LogP contribution in [0.15, 0.2) is 24.3 Å². The highest BCUT2D eigenvalue weighted by molar-refractivity contribution is 7.91. The summed E-state index contributed by atoms with van der Waals surface area (Å²) >= 11 is 0. The number of carbonyl (C=O) groups is 1. The minimum Gasteiger partial charge on any atom is -0.486 e. The Morgan fingerprint density at radius 2 is 1.95 bits per heavy atom. The van der Waals surface area contributed by atoms with E-state index in [0.717, 1.165) is 7.11 Å². The Bertz CT molecular complexity index is 584. The number of rotatable bonds is 6. The van der Waals surface area contributed by atoms with Gasteiger partial charge in [0.2, 0.25) is 0 Å². The molecule has 0 aliphatic carbocycles. The number of nitrogens with two attached hydrogens (primary N) is 1. The Kier molecular flexibility index (Phi) is 5.15. The van der Waals surface area contributed by atoms with E-state index in [2.05, 4.69) is 9.46 Å². The van der Waals surface area contributed by atoms with Gasteiger partial charge in [0.25, 0.3) is 0 Å². The highest BCUT2D eigenvalue weighted by Gasteiger charge is 2.14. The van der Waals surface area contributed by atoms with Crippen molar-refractivity contribution < 1.29 is 22.7 Å². The van der Waals surface area contributed by atoms with Crippen LogP contribution >= 0.6 is 0 Å². The smallest absolute Gasteiger partial charge is 0.422 e. The molecule has 1 rings (SSSR count). The third-order valence-electron chi connectivity index (χ3n) is 1.90. The molecule has 0 unspecified atom stereocenters. The number of benzene rings is 1. The van der Waals surface area contributed by atoms with Gasteiger partial charge in [-0.2, -0.15) is 8.42 Å². The van der Waals surface area contributed by atoms with Crippen LogP contribution in [0.25, 0.3) is 0 Å². The lowest BCUT2D eigenvalue weighted by Gasteiger charge is -2.09. The molecule has 1 aromatic carbocycles. The molecular formula is C10H14N4O5S. The lowest BCUT2D eigenvalue weighted by Crippen LogP contribution is -2.35. The van der Waals surface area contributed by atoms with E-state index in [1.54, 1.807) is 4.72 Å². The fraction of sp³-hybridized carbons (Fsp3) is 0.200. The lowest BCUT2D eigenvalue weighted by molar-refractivity contribution is 0.177. The van der Waals surface area contributed by atoms with Crippen LogP contribution in [0.1, 0.15) is 0 Å². The van der Waals surface area contributed by atoms with Gasteiger partial charge >= 0.3 is 16.3 Å². The number of anilines is 1. The van der Waals surface area contributed by atoms with Gasteiger partial charge in [-0.1, -0.05) is 0 Å². The van der Waals surface area contributed by atoms with Gasteiger partial charge in [0, 0.05) is 0 Å². The molecule has 110 valence electrons. The molecular weight excluding hydrogens is 288 g/mol. The molecule has 0 saturated carbocycles. The van der Waals surface area contributed by atoms with Gasteiger partial charge < -0.3 is 15.2 Å². The Labute approximate surface area is 115 Å². The second kappa shape index (κ2) is 6.61. The van der Waals surface area contributed by atoms with Crippen LogP contribution in [0.4, 0.5) is 10.5 Å². The summed E-state index contributed by atoms with van der Waals surface area (Å²) in [4.78, 5) is 10.8. The molecule has 0 saturated heterocycles. The fourth-order valence-corrected chi connectivity index (χ4v) is 1.91. The van der Waals surface area contributed by atoms with E-state index in [1.165, 1.54) is 24.3 Å². The van der Waals surface area contributed by atoms with Crippen molar-refractivity contribution in [3.05, 3.63) is 24.3 Å². The maximum absolute atomic E-state index is 11.5. The predicted octanol–water partition coefficient (Wildman–Crippen LogP) is 0.0141. The molecule has 0 bridgehead atoms.